The van der Waals surface area contributed by atoms with Crippen LogP contribution in [0.1, 0.15) is 22.3 Å². The Bertz CT molecular complexity index is 1220. The second-order valence-corrected chi connectivity index (χ2v) is 9.60. The van der Waals surface area contributed by atoms with Gasteiger partial charge in [0.1, 0.15) is 18.9 Å². The Morgan fingerprint density at radius 3 is 2.36 bits per heavy atom. The van der Waals surface area contributed by atoms with Gasteiger partial charge in [-0.1, -0.05) is 48.0 Å². The zero-order valence-electron chi connectivity index (χ0n) is 18.9. The van der Waals surface area contributed by atoms with E-state index in [1.54, 1.807) is 6.07 Å². The standard InChI is InChI=1S/C25H27N3O4S/c1-19-9-14-24(20(2)15-19)28(33(3,30)31)17-25(29)27-26-16-21-10-12-23(13-11-21)32-18-22-7-5-4-6-8-22/h4-16H,17-18H2,1-3H3,(H,27,29)/b26-16+. The maximum atomic E-state index is 12.4. The summed E-state index contributed by atoms with van der Waals surface area (Å²) in [6.45, 7) is 3.84. The quantitative estimate of drug-likeness (QED) is 0.385. The van der Waals surface area contributed by atoms with E-state index in [4.69, 9.17) is 4.74 Å². The van der Waals surface area contributed by atoms with Gasteiger partial charge in [-0.3, -0.25) is 9.10 Å². The van der Waals surface area contributed by atoms with Crippen LogP contribution >= 0.6 is 0 Å². The number of carbonyl (C=O) groups is 1. The van der Waals surface area contributed by atoms with Gasteiger partial charge in [0.15, 0.2) is 0 Å². The first-order chi connectivity index (χ1) is 15.7. The van der Waals surface area contributed by atoms with E-state index in [2.05, 4.69) is 10.5 Å². The fourth-order valence-corrected chi connectivity index (χ4v) is 4.12. The van der Waals surface area contributed by atoms with Crippen LogP contribution in [0.25, 0.3) is 0 Å². The third kappa shape index (κ3) is 7.18. The molecule has 1 amide bonds. The molecular weight excluding hydrogens is 438 g/mol. The Morgan fingerprint density at radius 1 is 1.03 bits per heavy atom. The number of hydrazone groups is 1. The van der Waals surface area contributed by atoms with Gasteiger partial charge < -0.3 is 4.74 Å². The number of aryl methyl sites for hydroxylation is 2. The SMILES string of the molecule is Cc1ccc(N(CC(=O)N/N=C/c2ccc(OCc3ccccc3)cc2)S(C)(=O)=O)c(C)c1. The van der Waals surface area contributed by atoms with Gasteiger partial charge in [-0.15, -0.1) is 0 Å². The Kier molecular flexibility index (Phi) is 7.84. The lowest BCUT2D eigenvalue weighted by Crippen LogP contribution is -2.39. The molecule has 0 saturated carbocycles. The second kappa shape index (κ2) is 10.8. The monoisotopic (exact) mass is 465 g/mol. The first-order valence-corrected chi connectivity index (χ1v) is 12.2. The van der Waals surface area contributed by atoms with Crippen molar-refractivity contribution in [2.24, 2.45) is 5.10 Å². The maximum absolute atomic E-state index is 12.4. The molecule has 8 heteroatoms. The van der Waals surface area contributed by atoms with Crippen LogP contribution in [0, 0.1) is 13.8 Å². The molecule has 0 fully saturated rings. The van der Waals surface area contributed by atoms with Crippen LogP contribution in [-0.4, -0.2) is 33.3 Å². The molecule has 7 nitrogen and oxygen atoms in total. The number of anilines is 1. The maximum Gasteiger partial charge on any atom is 0.260 e. The summed E-state index contributed by atoms with van der Waals surface area (Å²) < 4.78 is 31.4. The summed E-state index contributed by atoms with van der Waals surface area (Å²) in [5, 5.41) is 3.94. The minimum atomic E-state index is -3.65. The molecular formula is C25H27N3O4S. The zero-order valence-corrected chi connectivity index (χ0v) is 19.7. The van der Waals surface area contributed by atoms with E-state index in [-0.39, 0.29) is 6.54 Å². The minimum absolute atomic E-state index is 0.369. The van der Waals surface area contributed by atoms with E-state index in [9.17, 15) is 13.2 Å². The largest absolute Gasteiger partial charge is 0.489 e. The Morgan fingerprint density at radius 2 is 1.73 bits per heavy atom. The van der Waals surface area contributed by atoms with Crippen molar-refractivity contribution >= 4 is 27.8 Å². The number of hydrogen-bond donors (Lipinski definition) is 1. The number of carbonyl (C=O) groups excluding carboxylic acids is 1. The smallest absolute Gasteiger partial charge is 0.260 e. The summed E-state index contributed by atoms with van der Waals surface area (Å²) >= 11 is 0. The molecule has 0 aliphatic heterocycles. The van der Waals surface area contributed by atoms with Crippen molar-refractivity contribution in [3.63, 3.8) is 0 Å². The molecule has 33 heavy (non-hydrogen) atoms. The molecule has 0 saturated heterocycles. The Hall–Kier alpha value is -3.65. The average molecular weight is 466 g/mol. The van der Waals surface area contributed by atoms with Gasteiger partial charge in [-0.2, -0.15) is 5.10 Å². The van der Waals surface area contributed by atoms with Gasteiger partial charge in [0, 0.05) is 0 Å². The van der Waals surface area contributed by atoms with Gasteiger partial charge in [-0.25, -0.2) is 13.8 Å². The van der Waals surface area contributed by atoms with Gasteiger partial charge in [0.2, 0.25) is 10.0 Å². The Labute approximate surface area is 194 Å². The Balaban J connectivity index is 1.57. The van der Waals surface area contributed by atoms with Crippen LogP contribution in [0.15, 0.2) is 77.9 Å². The number of benzene rings is 3. The molecule has 3 rings (SSSR count). The van der Waals surface area contributed by atoms with E-state index < -0.39 is 15.9 Å². The molecule has 0 aromatic heterocycles. The van der Waals surface area contributed by atoms with Crippen molar-refractivity contribution in [3.8, 4) is 5.75 Å². The minimum Gasteiger partial charge on any atom is -0.489 e. The lowest BCUT2D eigenvalue weighted by Gasteiger charge is -2.23. The molecule has 172 valence electrons. The fraction of sp³-hybridized carbons (Fsp3) is 0.200. The van der Waals surface area contributed by atoms with Crippen molar-refractivity contribution in [3.05, 3.63) is 95.1 Å². The molecule has 3 aromatic carbocycles. The number of rotatable bonds is 9. The highest BCUT2D eigenvalue weighted by atomic mass is 32.2. The van der Waals surface area contributed by atoms with Crippen LogP contribution < -0.4 is 14.5 Å². The van der Waals surface area contributed by atoms with Gasteiger partial charge in [-0.05, 0) is 60.9 Å². The summed E-state index contributed by atoms with van der Waals surface area (Å²) in [6, 6.07) is 22.5. The molecule has 0 atom stereocenters. The van der Waals surface area contributed by atoms with Crippen molar-refractivity contribution in [2.75, 3.05) is 17.1 Å². The second-order valence-electron chi connectivity index (χ2n) is 7.70. The molecule has 3 aromatic rings. The summed E-state index contributed by atoms with van der Waals surface area (Å²) in [5.74, 6) is 0.178. The molecule has 0 bridgehead atoms. The topological polar surface area (TPSA) is 88.1 Å². The third-order valence-electron chi connectivity index (χ3n) is 4.84. The number of sulfonamides is 1. The van der Waals surface area contributed by atoms with Crippen LogP contribution in [0.5, 0.6) is 5.75 Å². The molecule has 0 radical (unpaired) electrons. The average Bonchev–Trinajstić information content (AvgIpc) is 2.77. The molecule has 1 N–H and O–H groups in total. The lowest BCUT2D eigenvalue weighted by atomic mass is 10.1. The van der Waals surface area contributed by atoms with Crippen LogP contribution in [0.2, 0.25) is 0 Å². The summed E-state index contributed by atoms with van der Waals surface area (Å²) in [6.07, 6.45) is 2.56. The number of nitrogens with zero attached hydrogens (tertiary/aromatic N) is 2. The van der Waals surface area contributed by atoms with Crippen molar-refractivity contribution in [1.29, 1.82) is 0 Å². The van der Waals surface area contributed by atoms with Crippen molar-refractivity contribution in [1.82, 2.24) is 5.43 Å². The molecule has 0 aliphatic rings. The summed E-state index contributed by atoms with van der Waals surface area (Å²) in [4.78, 5) is 12.4. The first-order valence-electron chi connectivity index (χ1n) is 10.4. The highest BCUT2D eigenvalue weighted by Gasteiger charge is 2.22. The van der Waals surface area contributed by atoms with E-state index in [1.807, 2.05) is 80.6 Å². The van der Waals surface area contributed by atoms with Crippen molar-refractivity contribution in [2.45, 2.75) is 20.5 Å². The third-order valence-corrected chi connectivity index (χ3v) is 5.97. The normalized spacial score (nSPS) is 11.4. The van der Waals surface area contributed by atoms with Crippen LogP contribution in [-0.2, 0) is 21.4 Å². The molecule has 0 spiro atoms. The van der Waals surface area contributed by atoms with E-state index in [0.717, 1.165) is 38.6 Å². The van der Waals surface area contributed by atoms with Crippen LogP contribution in [0.4, 0.5) is 5.69 Å². The van der Waals surface area contributed by atoms with E-state index >= 15 is 0 Å². The predicted molar refractivity (Wildman–Crippen MR) is 131 cm³/mol. The van der Waals surface area contributed by atoms with Gasteiger partial charge >= 0.3 is 0 Å². The number of hydrogen-bond acceptors (Lipinski definition) is 5. The fourth-order valence-electron chi connectivity index (χ4n) is 3.20. The first kappa shape index (κ1) is 24.0. The zero-order chi connectivity index (χ0) is 23.8. The molecule has 0 heterocycles. The van der Waals surface area contributed by atoms with Crippen LogP contribution in [0.3, 0.4) is 0 Å². The number of nitrogens with one attached hydrogen (secondary N) is 1. The highest BCUT2D eigenvalue weighted by molar-refractivity contribution is 7.92. The lowest BCUT2D eigenvalue weighted by molar-refractivity contribution is -0.119. The summed E-state index contributed by atoms with van der Waals surface area (Å²) in [5.41, 5.74) is 6.47. The summed E-state index contributed by atoms with van der Waals surface area (Å²) in [7, 11) is -3.65. The highest BCUT2D eigenvalue weighted by Crippen LogP contribution is 2.23. The van der Waals surface area contributed by atoms with Gasteiger partial charge in [0.25, 0.3) is 5.91 Å². The molecule has 0 unspecified atom stereocenters. The predicted octanol–water partition coefficient (Wildman–Crippen LogP) is 3.80. The van der Waals surface area contributed by atoms with E-state index in [0.29, 0.717) is 12.3 Å². The van der Waals surface area contributed by atoms with E-state index in [1.165, 1.54) is 6.21 Å². The molecule has 0 aliphatic carbocycles. The van der Waals surface area contributed by atoms with Gasteiger partial charge in [0.05, 0.1) is 18.2 Å². The number of ether oxygens (including phenoxy) is 1. The van der Waals surface area contributed by atoms with Crippen molar-refractivity contribution < 1.29 is 17.9 Å². The number of amides is 1.